The minimum atomic E-state index is -1.30. The summed E-state index contributed by atoms with van der Waals surface area (Å²) in [5.41, 5.74) is 1.74. The van der Waals surface area contributed by atoms with Crippen molar-refractivity contribution in [3.05, 3.63) is 105 Å². The van der Waals surface area contributed by atoms with Crippen LogP contribution in [0.3, 0.4) is 0 Å². The van der Waals surface area contributed by atoms with Crippen LogP contribution in [0.25, 0.3) is 6.08 Å². The minimum Gasteiger partial charge on any atom is -0.508 e. The first-order valence-electron chi connectivity index (χ1n) is 9.92. The molecule has 0 aliphatic heterocycles. The number of carboxylic acid groups (broad SMARTS) is 1. The molecule has 168 valence electrons. The molecule has 7 nitrogen and oxygen atoms in total. The van der Waals surface area contributed by atoms with Gasteiger partial charge in [0.1, 0.15) is 11.4 Å². The fraction of sp³-hybridized carbons (Fsp3) is 0.0800. The van der Waals surface area contributed by atoms with Crippen molar-refractivity contribution in [1.82, 2.24) is 10.6 Å². The first-order valence-corrected chi connectivity index (χ1v) is 10.3. The quantitative estimate of drug-likeness (QED) is 0.392. The molecule has 0 unspecified atom stereocenters. The number of aliphatic carboxylic acids is 1. The number of aryl methyl sites for hydroxylation is 1. The number of rotatable bonds is 7. The zero-order valence-corrected chi connectivity index (χ0v) is 18.4. The second-order valence-corrected chi connectivity index (χ2v) is 7.64. The molecule has 0 fully saturated rings. The largest absolute Gasteiger partial charge is 0.508 e. The van der Waals surface area contributed by atoms with Crippen molar-refractivity contribution in [2.45, 2.75) is 13.5 Å². The Labute approximate surface area is 195 Å². The lowest BCUT2D eigenvalue weighted by molar-refractivity contribution is -0.132. The monoisotopic (exact) mass is 464 g/mol. The summed E-state index contributed by atoms with van der Waals surface area (Å²) in [7, 11) is 0. The molecule has 0 saturated carbocycles. The molecule has 0 radical (unpaired) electrons. The summed E-state index contributed by atoms with van der Waals surface area (Å²) >= 11 is 6.29. The second kappa shape index (κ2) is 10.5. The van der Waals surface area contributed by atoms with Crippen LogP contribution in [0.1, 0.15) is 37.4 Å². The molecule has 0 bridgehead atoms. The number of hydrogen-bond donors (Lipinski definition) is 4. The molecule has 0 saturated heterocycles. The van der Waals surface area contributed by atoms with Crippen molar-refractivity contribution in [2.75, 3.05) is 0 Å². The van der Waals surface area contributed by atoms with E-state index in [1.807, 2.05) is 0 Å². The summed E-state index contributed by atoms with van der Waals surface area (Å²) in [5.74, 6) is -2.32. The summed E-state index contributed by atoms with van der Waals surface area (Å²) in [5, 5.41) is 24.1. The Hall–Kier alpha value is -4.10. The normalized spacial score (nSPS) is 11.0. The molecule has 0 aliphatic rings. The first-order chi connectivity index (χ1) is 15.7. The zero-order chi connectivity index (χ0) is 24.0. The molecule has 2 amide bonds. The van der Waals surface area contributed by atoms with E-state index in [0.717, 1.165) is 0 Å². The Morgan fingerprint density at radius 3 is 2.33 bits per heavy atom. The summed E-state index contributed by atoms with van der Waals surface area (Å²) in [4.78, 5) is 36.9. The predicted octanol–water partition coefficient (Wildman–Crippen LogP) is 4.14. The smallest absolute Gasteiger partial charge is 0.352 e. The fourth-order valence-corrected chi connectivity index (χ4v) is 3.52. The highest BCUT2D eigenvalue weighted by Gasteiger charge is 2.20. The van der Waals surface area contributed by atoms with Crippen LogP contribution in [-0.2, 0) is 11.3 Å². The molecule has 0 aliphatic carbocycles. The summed E-state index contributed by atoms with van der Waals surface area (Å²) in [6.07, 6.45) is 1.34. The van der Waals surface area contributed by atoms with Crippen molar-refractivity contribution in [3.8, 4) is 5.75 Å². The standard InChI is InChI=1S/C25H21ClN2O5/c1-15-10-18(23(30)27-14-17-8-5-9-19(29)11-17)13-20(26)22(15)24(31)28-21(25(32)33)12-16-6-3-2-4-7-16/h2-13,29H,14H2,1H3,(H,27,30)(H,28,31)(H,32,33)/b21-12-. The molecule has 8 heteroatoms. The summed E-state index contributed by atoms with van der Waals surface area (Å²) in [6.45, 7) is 1.80. The third kappa shape index (κ3) is 6.21. The van der Waals surface area contributed by atoms with Gasteiger partial charge in [-0.15, -0.1) is 0 Å². The number of aromatic hydroxyl groups is 1. The van der Waals surface area contributed by atoms with Gasteiger partial charge in [-0.25, -0.2) is 4.79 Å². The van der Waals surface area contributed by atoms with E-state index in [2.05, 4.69) is 10.6 Å². The van der Waals surface area contributed by atoms with E-state index in [0.29, 0.717) is 16.7 Å². The molecule has 3 aromatic carbocycles. The minimum absolute atomic E-state index is 0.0134. The number of carboxylic acids is 1. The molecule has 33 heavy (non-hydrogen) atoms. The van der Waals surface area contributed by atoms with E-state index in [4.69, 9.17) is 11.6 Å². The van der Waals surface area contributed by atoms with Crippen molar-refractivity contribution >= 4 is 35.5 Å². The predicted molar refractivity (Wildman–Crippen MR) is 125 cm³/mol. The maximum Gasteiger partial charge on any atom is 0.352 e. The van der Waals surface area contributed by atoms with Crippen molar-refractivity contribution < 1.29 is 24.6 Å². The highest BCUT2D eigenvalue weighted by atomic mass is 35.5. The molecule has 0 spiro atoms. The average Bonchev–Trinajstić information content (AvgIpc) is 2.77. The third-order valence-corrected chi connectivity index (χ3v) is 5.03. The number of amides is 2. The first kappa shape index (κ1) is 23.6. The lowest BCUT2D eigenvalue weighted by Crippen LogP contribution is -2.28. The topological polar surface area (TPSA) is 116 Å². The number of benzene rings is 3. The van der Waals surface area contributed by atoms with Gasteiger partial charge in [-0.2, -0.15) is 0 Å². The van der Waals surface area contributed by atoms with Gasteiger partial charge in [-0.3, -0.25) is 9.59 Å². The zero-order valence-electron chi connectivity index (χ0n) is 17.6. The Kier molecular flexibility index (Phi) is 7.48. The van der Waals surface area contributed by atoms with Crippen LogP contribution in [0.2, 0.25) is 5.02 Å². The van der Waals surface area contributed by atoms with Gasteiger partial charge >= 0.3 is 5.97 Å². The number of carbonyl (C=O) groups excluding carboxylic acids is 2. The molecule has 3 rings (SSSR count). The maximum absolute atomic E-state index is 12.8. The Morgan fingerprint density at radius 1 is 0.970 bits per heavy atom. The van der Waals surface area contributed by atoms with Crippen LogP contribution in [0.4, 0.5) is 0 Å². The highest BCUT2D eigenvalue weighted by Crippen LogP contribution is 2.23. The molecule has 0 aromatic heterocycles. The Morgan fingerprint density at radius 2 is 1.70 bits per heavy atom. The van der Waals surface area contributed by atoms with E-state index in [1.54, 1.807) is 49.4 Å². The summed E-state index contributed by atoms with van der Waals surface area (Å²) in [6, 6.07) is 18.0. The molecule has 0 heterocycles. The van der Waals surface area contributed by atoms with Gasteiger partial charge in [0.15, 0.2) is 0 Å². The van der Waals surface area contributed by atoms with Gasteiger partial charge in [0.2, 0.25) is 0 Å². The van der Waals surface area contributed by atoms with Crippen LogP contribution in [0.15, 0.2) is 72.4 Å². The maximum atomic E-state index is 12.8. The number of phenolic OH excluding ortho intramolecular Hbond substituents is 1. The number of phenols is 1. The second-order valence-electron chi connectivity index (χ2n) is 7.23. The van der Waals surface area contributed by atoms with Gasteiger partial charge in [0, 0.05) is 12.1 Å². The molecule has 3 aromatic rings. The van der Waals surface area contributed by atoms with Gasteiger partial charge in [0.05, 0.1) is 10.6 Å². The van der Waals surface area contributed by atoms with Crippen LogP contribution in [0.5, 0.6) is 5.75 Å². The fourth-order valence-electron chi connectivity index (χ4n) is 3.17. The number of carbonyl (C=O) groups is 3. The number of nitrogens with one attached hydrogen (secondary N) is 2. The average molecular weight is 465 g/mol. The van der Waals surface area contributed by atoms with E-state index in [9.17, 15) is 24.6 Å². The van der Waals surface area contributed by atoms with Crippen molar-refractivity contribution in [3.63, 3.8) is 0 Å². The van der Waals surface area contributed by atoms with Crippen molar-refractivity contribution in [1.29, 1.82) is 0 Å². The van der Waals surface area contributed by atoms with E-state index >= 15 is 0 Å². The number of hydrogen-bond acceptors (Lipinski definition) is 4. The van der Waals surface area contributed by atoms with Crippen LogP contribution >= 0.6 is 11.6 Å². The van der Waals surface area contributed by atoms with Gasteiger partial charge in [0.25, 0.3) is 11.8 Å². The Balaban J connectivity index is 1.77. The molecular weight excluding hydrogens is 444 g/mol. The van der Waals surface area contributed by atoms with E-state index in [-0.39, 0.29) is 34.1 Å². The van der Waals surface area contributed by atoms with Gasteiger partial charge in [-0.1, -0.05) is 54.1 Å². The van der Waals surface area contributed by atoms with E-state index < -0.39 is 17.8 Å². The van der Waals surface area contributed by atoms with E-state index in [1.165, 1.54) is 30.3 Å². The van der Waals surface area contributed by atoms with Crippen LogP contribution < -0.4 is 10.6 Å². The SMILES string of the molecule is Cc1cc(C(=O)NCc2cccc(O)c2)cc(Cl)c1C(=O)N/C(=C\c1ccccc1)C(=O)O. The van der Waals surface area contributed by atoms with Crippen LogP contribution in [0, 0.1) is 6.92 Å². The lowest BCUT2D eigenvalue weighted by Gasteiger charge is -2.13. The lowest BCUT2D eigenvalue weighted by atomic mass is 10.0. The number of halogens is 1. The van der Waals surface area contributed by atoms with Gasteiger partial charge < -0.3 is 20.8 Å². The molecule has 4 N–H and O–H groups in total. The molecular formula is C25H21ClN2O5. The highest BCUT2D eigenvalue weighted by molar-refractivity contribution is 6.34. The van der Waals surface area contributed by atoms with Gasteiger partial charge in [-0.05, 0) is 54.0 Å². The Bertz CT molecular complexity index is 1220. The summed E-state index contributed by atoms with van der Waals surface area (Å²) < 4.78 is 0. The third-order valence-electron chi connectivity index (χ3n) is 4.73. The molecule has 0 atom stereocenters. The van der Waals surface area contributed by atoms with Crippen molar-refractivity contribution in [2.24, 2.45) is 0 Å². The van der Waals surface area contributed by atoms with Crippen LogP contribution in [-0.4, -0.2) is 28.0 Å².